The number of hydrogen-bond donors (Lipinski definition) is 0. The van der Waals surface area contributed by atoms with Gasteiger partial charge in [-0.1, -0.05) is 17.7 Å². The summed E-state index contributed by atoms with van der Waals surface area (Å²) in [7, 11) is 0. The van der Waals surface area contributed by atoms with Crippen LogP contribution in [0.5, 0.6) is 0 Å². The molecule has 7 heteroatoms. The third-order valence-electron chi connectivity index (χ3n) is 5.22. The van der Waals surface area contributed by atoms with Crippen molar-refractivity contribution in [3.8, 4) is 0 Å². The van der Waals surface area contributed by atoms with Gasteiger partial charge in [-0.25, -0.2) is 4.98 Å². The number of carbonyl (C=O) groups excluding carboxylic acids is 1. The molecule has 144 valence electrons. The van der Waals surface area contributed by atoms with Crippen LogP contribution in [0.4, 0.5) is 5.13 Å². The molecule has 0 N–H and O–H groups in total. The number of thiazole rings is 1. The second kappa shape index (κ2) is 6.35. The molecule has 0 fully saturated rings. The smallest absolute Gasteiger partial charge is 0.297 e. The van der Waals surface area contributed by atoms with Crippen molar-refractivity contribution >= 4 is 33.3 Å². The molecule has 4 heterocycles. The molecule has 1 aliphatic heterocycles. The van der Waals surface area contributed by atoms with E-state index < -0.39 is 6.04 Å². The summed E-state index contributed by atoms with van der Waals surface area (Å²) in [5.41, 5.74) is 2.92. The van der Waals surface area contributed by atoms with Gasteiger partial charge in [0.25, 0.3) is 5.91 Å². The number of carbonyl (C=O) groups is 1. The van der Waals surface area contributed by atoms with Crippen molar-refractivity contribution in [1.29, 1.82) is 0 Å². The second-order valence-corrected chi connectivity index (χ2v) is 8.33. The molecule has 5 rings (SSSR count). The van der Waals surface area contributed by atoms with E-state index in [9.17, 15) is 9.59 Å². The zero-order chi connectivity index (χ0) is 20.3. The summed E-state index contributed by atoms with van der Waals surface area (Å²) in [4.78, 5) is 38.4. The van der Waals surface area contributed by atoms with Crippen molar-refractivity contribution < 1.29 is 9.21 Å². The Labute approximate surface area is 170 Å². The van der Waals surface area contributed by atoms with Gasteiger partial charge >= 0.3 is 0 Å². The Bertz CT molecular complexity index is 1320. The molecule has 0 aliphatic carbocycles. The maximum atomic E-state index is 13.5. The number of pyridine rings is 1. The van der Waals surface area contributed by atoms with E-state index in [1.54, 1.807) is 24.4 Å². The van der Waals surface area contributed by atoms with Gasteiger partial charge in [-0.2, -0.15) is 0 Å². The van der Waals surface area contributed by atoms with E-state index in [0.717, 1.165) is 16.1 Å². The van der Waals surface area contributed by atoms with Crippen molar-refractivity contribution in [1.82, 2.24) is 9.97 Å². The Morgan fingerprint density at radius 3 is 2.62 bits per heavy atom. The summed E-state index contributed by atoms with van der Waals surface area (Å²) in [6.45, 7) is 5.78. The average Bonchev–Trinajstić information content (AvgIpc) is 3.20. The lowest BCUT2D eigenvalue weighted by Gasteiger charge is -2.21. The van der Waals surface area contributed by atoms with Crippen LogP contribution in [-0.2, 0) is 0 Å². The van der Waals surface area contributed by atoms with Gasteiger partial charge in [0.15, 0.2) is 10.6 Å². The van der Waals surface area contributed by atoms with E-state index in [2.05, 4.69) is 9.97 Å². The van der Waals surface area contributed by atoms with Crippen molar-refractivity contribution in [3.05, 3.63) is 86.0 Å². The van der Waals surface area contributed by atoms with Gasteiger partial charge in [-0.3, -0.25) is 19.5 Å². The van der Waals surface area contributed by atoms with Gasteiger partial charge in [0.2, 0.25) is 5.76 Å². The fourth-order valence-electron chi connectivity index (χ4n) is 3.66. The molecule has 3 aromatic heterocycles. The molecular weight excluding hydrogens is 386 g/mol. The molecule has 0 radical (unpaired) electrons. The van der Waals surface area contributed by atoms with Gasteiger partial charge in [0, 0.05) is 11.1 Å². The van der Waals surface area contributed by atoms with Crippen molar-refractivity contribution in [2.45, 2.75) is 26.8 Å². The first-order valence-electron chi connectivity index (χ1n) is 9.21. The first-order valence-corrected chi connectivity index (χ1v) is 10.0. The maximum absolute atomic E-state index is 13.5. The molecule has 1 unspecified atom stereocenters. The van der Waals surface area contributed by atoms with Gasteiger partial charge in [-0.15, -0.1) is 11.3 Å². The second-order valence-electron chi connectivity index (χ2n) is 7.14. The van der Waals surface area contributed by atoms with Gasteiger partial charge in [0.05, 0.1) is 22.3 Å². The van der Waals surface area contributed by atoms with E-state index in [-0.39, 0.29) is 17.1 Å². The summed E-state index contributed by atoms with van der Waals surface area (Å²) in [5, 5.41) is 0.998. The average molecular weight is 403 g/mol. The molecule has 1 aliphatic rings. The third kappa shape index (κ3) is 2.61. The van der Waals surface area contributed by atoms with Crippen LogP contribution in [0, 0.1) is 20.8 Å². The molecule has 0 saturated carbocycles. The number of anilines is 1. The minimum atomic E-state index is -0.676. The predicted molar refractivity (Wildman–Crippen MR) is 112 cm³/mol. The number of aryl methyl sites for hydroxylation is 3. The Hall–Kier alpha value is -3.32. The standard InChI is InChI=1S/C22H17N3O3S/c1-11-7-8-16-14(10-11)19(26)17-18(15-6-4-5-9-23-15)25(21(27)20(17)28-16)22-24-12(2)13(3)29-22/h4-10,18H,1-3H3. The monoisotopic (exact) mass is 403 g/mol. The maximum Gasteiger partial charge on any atom is 0.297 e. The Kier molecular flexibility index (Phi) is 3.89. The fourth-order valence-corrected chi connectivity index (χ4v) is 4.60. The summed E-state index contributed by atoms with van der Waals surface area (Å²) in [6, 6.07) is 10.2. The molecule has 0 spiro atoms. The number of nitrogens with zero attached hydrogens (tertiary/aromatic N) is 3. The Morgan fingerprint density at radius 2 is 1.93 bits per heavy atom. The summed E-state index contributed by atoms with van der Waals surface area (Å²) in [5.74, 6) is -0.309. The van der Waals surface area contributed by atoms with Crippen LogP contribution in [0.1, 0.15) is 44.0 Å². The molecule has 0 bridgehead atoms. The lowest BCUT2D eigenvalue weighted by atomic mass is 10.0. The van der Waals surface area contributed by atoms with Crippen molar-refractivity contribution in [3.63, 3.8) is 0 Å². The number of amides is 1. The summed E-state index contributed by atoms with van der Waals surface area (Å²) >= 11 is 1.42. The summed E-state index contributed by atoms with van der Waals surface area (Å²) in [6.07, 6.45) is 1.65. The van der Waals surface area contributed by atoms with Crippen molar-refractivity contribution in [2.75, 3.05) is 4.90 Å². The zero-order valence-electron chi connectivity index (χ0n) is 16.1. The molecule has 6 nitrogen and oxygen atoms in total. The number of aromatic nitrogens is 2. The fraction of sp³-hybridized carbons (Fsp3) is 0.182. The van der Waals surface area contributed by atoms with Crippen LogP contribution in [0.15, 0.2) is 51.8 Å². The van der Waals surface area contributed by atoms with E-state index in [4.69, 9.17) is 4.42 Å². The first-order chi connectivity index (χ1) is 14.0. The Balaban J connectivity index is 1.83. The zero-order valence-corrected chi connectivity index (χ0v) is 16.9. The van der Waals surface area contributed by atoms with Gasteiger partial charge in [-0.05, 0) is 45.0 Å². The van der Waals surface area contributed by atoms with E-state index in [1.807, 2.05) is 39.0 Å². The lowest BCUT2D eigenvalue weighted by Crippen LogP contribution is -2.30. The first kappa shape index (κ1) is 17.8. The van der Waals surface area contributed by atoms with Crippen LogP contribution >= 0.6 is 11.3 Å². The largest absolute Gasteiger partial charge is 0.450 e. The molecular formula is C22H17N3O3S. The molecule has 1 atom stereocenters. The number of hydrogen-bond acceptors (Lipinski definition) is 6. The van der Waals surface area contributed by atoms with E-state index in [1.165, 1.54) is 16.2 Å². The number of fused-ring (bicyclic) bond motifs is 2. The molecule has 29 heavy (non-hydrogen) atoms. The highest BCUT2D eigenvalue weighted by Crippen LogP contribution is 2.42. The van der Waals surface area contributed by atoms with E-state index in [0.29, 0.717) is 27.4 Å². The van der Waals surface area contributed by atoms with Crippen molar-refractivity contribution in [2.24, 2.45) is 0 Å². The minimum absolute atomic E-state index is 0.0625. The highest BCUT2D eigenvalue weighted by atomic mass is 32.1. The van der Waals surface area contributed by atoms with Crippen LogP contribution in [0.3, 0.4) is 0 Å². The molecule has 1 amide bonds. The predicted octanol–water partition coefficient (Wildman–Crippen LogP) is 4.32. The number of rotatable bonds is 2. The number of benzene rings is 1. The minimum Gasteiger partial charge on any atom is -0.450 e. The molecule has 4 aromatic rings. The van der Waals surface area contributed by atoms with Gasteiger partial charge < -0.3 is 4.42 Å². The topological polar surface area (TPSA) is 76.3 Å². The highest BCUT2D eigenvalue weighted by Gasteiger charge is 2.45. The van der Waals surface area contributed by atoms with Crippen LogP contribution in [-0.4, -0.2) is 15.9 Å². The highest BCUT2D eigenvalue weighted by molar-refractivity contribution is 7.15. The van der Waals surface area contributed by atoms with Crippen LogP contribution < -0.4 is 10.3 Å². The molecule has 0 saturated heterocycles. The quantitative estimate of drug-likeness (QED) is 0.498. The lowest BCUT2D eigenvalue weighted by molar-refractivity contribution is 0.0970. The Morgan fingerprint density at radius 1 is 1.10 bits per heavy atom. The van der Waals surface area contributed by atoms with Crippen LogP contribution in [0.25, 0.3) is 11.0 Å². The SMILES string of the molecule is Cc1ccc2oc3c(c(=O)c2c1)C(c1ccccn1)N(c1nc(C)c(C)s1)C3=O. The van der Waals surface area contributed by atoms with Crippen LogP contribution in [0.2, 0.25) is 0 Å². The van der Waals surface area contributed by atoms with Gasteiger partial charge in [0.1, 0.15) is 11.6 Å². The third-order valence-corrected chi connectivity index (χ3v) is 6.29. The molecule has 1 aromatic carbocycles. The summed E-state index contributed by atoms with van der Waals surface area (Å²) < 4.78 is 5.95. The normalized spacial score (nSPS) is 15.9. The van der Waals surface area contributed by atoms with E-state index >= 15 is 0 Å².